The van der Waals surface area contributed by atoms with Crippen LogP contribution in [0.2, 0.25) is 0 Å². The molecule has 0 amide bonds. The summed E-state index contributed by atoms with van der Waals surface area (Å²) in [5, 5.41) is 2.87. The number of hydrogen-bond acceptors (Lipinski definition) is 3. The number of carbonyl (C=O) groups excluding carboxylic acids is 1. The fourth-order valence-electron chi connectivity index (χ4n) is 1.84. The van der Waals surface area contributed by atoms with Crippen molar-refractivity contribution in [3.63, 3.8) is 0 Å². The molecule has 1 aromatic rings. The van der Waals surface area contributed by atoms with E-state index < -0.39 is 0 Å². The predicted octanol–water partition coefficient (Wildman–Crippen LogP) is 0.952. The Labute approximate surface area is 89.4 Å². The Morgan fingerprint density at radius 2 is 2.40 bits per heavy atom. The molecule has 0 fully saturated rings. The molecule has 0 aliphatic carbocycles. The minimum absolute atomic E-state index is 0.219. The van der Waals surface area contributed by atoms with Gasteiger partial charge in [-0.25, -0.2) is 0 Å². The maximum Gasteiger partial charge on any atom is 0.150 e. The van der Waals surface area contributed by atoms with Gasteiger partial charge in [-0.2, -0.15) is 0 Å². The predicted molar refractivity (Wildman–Crippen MR) is 58.3 cm³/mol. The van der Waals surface area contributed by atoms with Gasteiger partial charge in [-0.15, -0.1) is 0 Å². The van der Waals surface area contributed by atoms with E-state index >= 15 is 0 Å². The van der Waals surface area contributed by atoms with Crippen LogP contribution in [0.15, 0.2) is 18.2 Å². The van der Waals surface area contributed by atoms with E-state index in [1.165, 1.54) is 5.56 Å². The van der Waals surface area contributed by atoms with Crippen LogP contribution in [0, 0.1) is 0 Å². The zero-order valence-electron chi connectivity index (χ0n) is 8.88. The van der Waals surface area contributed by atoms with Crippen LogP contribution >= 0.6 is 0 Å². The van der Waals surface area contributed by atoms with Crippen LogP contribution in [-0.4, -0.2) is 26.0 Å². The van der Waals surface area contributed by atoms with E-state index in [0.717, 1.165) is 24.3 Å². The molecule has 1 aliphatic heterocycles. The van der Waals surface area contributed by atoms with E-state index in [4.69, 9.17) is 4.74 Å². The van der Waals surface area contributed by atoms with Crippen LogP contribution < -0.4 is 10.1 Å². The molecule has 1 heterocycles. The highest BCUT2D eigenvalue weighted by molar-refractivity contribution is 5.82. The Kier molecular flexibility index (Phi) is 3.02. The van der Waals surface area contributed by atoms with E-state index in [0.29, 0.717) is 13.0 Å². The topological polar surface area (TPSA) is 38.3 Å². The summed E-state index contributed by atoms with van der Waals surface area (Å²) in [6, 6.07) is 6.01. The maximum absolute atomic E-state index is 11.4. The van der Waals surface area contributed by atoms with Gasteiger partial charge >= 0.3 is 0 Å². The molecule has 0 radical (unpaired) electrons. The third kappa shape index (κ3) is 2.36. The second-order valence-corrected chi connectivity index (χ2v) is 3.79. The number of ketones is 1. The van der Waals surface area contributed by atoms with Gasteiger partial charge in [-0.3, -0.25) is 4.79 Å². The van der Waals surface area contributed by atoms with Crippen molar-refractivity contribution in [2.24, 2.45) is 0 Å². The lowest BCUT2D eigenvalue weighted by atomic mass is 10.0. The SMILES string of the molecule is CNCC(=O)Cc1ccc2c(c1)CCO2. The Morgan fingerprint density at radius 3 is 3.20 bits per heavy atom. The third-order valence-electron chi connectivity index (χ3n) is 2.53. The average molecular weight is 205 g/mol. The van der Waals surface area contributed by atoms with Crippen LogP contribution in [0.25, 0.3) is 0 Å². The lowest BCUT2D eigenvalue weighted by molar-refractivity contribution is -0.117. The minimum atomic E-state index is 0.219. The van der Waals surface area contributed by atoms with E-state index in [-0.39, 0.29) is 5.78 Å². The molecule has 0 bridgehead atoms. The monoisotopic (exact) mass is 205 g/mol. The van der Waals surface area contributed by atoms with Crippen molar-refractivity contribution in [2.75, 3.05) is 20.2 Å². The summed E-state index contributed by atoms with van der Waals surface area (Å²) >= 11 is 0. The van der Waals surface area contributed by atoms with Crippen LogP contribution in [0.3, 0.4) is 0 Å². The average Bonchev–Trinajstić information content (AvgIpc) is 2.65. The Bertz CT molecular complexity index is 374. The van der Waals surface area contributed by atoms with Gasteiger partial charge in [0.15, 0.2) is 5.78 Å². The van der Waals surface area contributed by atoms with Gasteiger partial charge in [0.2, 0.25) is 0 Å². The fraction of sp³-hybridized carbons (Fsp3) is 0.417. The lowest BCUT2D eigenvalue weighted by Gasteiger charge is -2.03. The van der Waals surface area contributed by atoms with Gasteiger partial charge in [0.1, 0.15) is 5.75 Å². The van der Waals surface area contributed by atoms with Crippen molar-refractivity contribution in [1.29, 1.82) is 0 Å². The first-order valence-corrected chi connectivity index (χ1v) is 5.20. The third-order valence-corrected chi connectivity index (χ3v) is 2.53. The summed E-state index contributed by atoms with van der Waals surface area (Å²) in [4.78, 5) is 11.4. The number of ether oxygens (including phenoxy) is 1. The molecule has 2 rings (SSSR count). The number of rotatable bonds is 4. The first-order valence-electron chi connectivity index (χ1n) is 5.20. The molecule has 80 valence electrons. The number of likely N-dealkylation sites (N-methyl/N-ethyl adjacent to an activating group) is 1. The van der Waals surface area contributed by atoms with E-state index in [1.807, 2.05) is 12.1 Å². The van der Waals surface area contributed by atoms with Crippen molar-refractivity contribution in [3.8, 4) is 5.75 Å². The normalized spacial score (nSPS) is 13.4. The Balaban J connectivity index is 2.06. The molecular weight excluding hydrogens is 190 g/mol. The van der Waals surface area contributed by atoms with Crippen LogP contribution in [0.1, 0.15) is 11.1 Å². The zero-order chi connectivity index (χ0) is 10.7. The molecule has 0 aromatic heterocycles. The quantitative estimate of drug-likeness (QED) is 0.795. The summed E-state index contributed by atoms with van der Waals surface area (Å²) in [7, 11) is 1.79. The minimum Gasteiger partial charge on any atom is -0.493 e. The second kappa shape index (κ2) is 4.45. The van der Waals surface area contributed by atoms with E-state index in [9.17, 15) is 4.79 Å². The molecule has 0 spiro atoms. The van der Waals surface area contributed by atoms with Crippen molar-refractivity contribution < 1.29 is 9.53 Å². The van der Waals surface area contributed by atoms with Crippen LogP contribution in [0.4, 0.5) is 0 Å². The second-order valence-electron chi connectivity index (χ2n) is 3.79. The maximum atomic E-state index is 11.4. The highest BCUT2D eigenvalue weighted by atomic mass is 16.5. The summed E-state index contributed by atoms with van der Waals surface area (Å²) < 4.78 is 5.41. The van der Waals surface area contributed by atoms with Gasteiger partial charge in [0.05, 0.1) is 13.2 Å². The lowest BCUT2D eigenvalue weighted by Crippen LogP contribution is -2.20. The number of fused-ring (bicyclic) bond motifs is 1. The molecule has 1 aromatic carbocycles. The smallest absolute Gasteiger partial charge is 0.150 e. The standard InChI is InChI=1S/C12H15NO2/c1-13-8-11(14)7-9-2-3-12-10(6-9)4-5-15-12/h2-3,6,13H,4-5,7-8H2,1H3. The summed E-state index contributed by atoms with van der Waals surface area (Å²) in [5.41, 5.74) is 2.31. The summed E-state index contributed by atoms with van der Waals surface area (Å²) in [6.45, 7) is 1.21. The number of Topliss-reactive ketones (excluding diaryl/α,β-unsaturated/α-hetero) is 1. The van der Waals surface area contributed by atoms with Gasteiger partial charge in [-0.1, -0.05) is 12.1 Å². The molecule has 1 N–H and O–H groups in total. The van der Waals surface area contributed by atoms with Gasteiger partial charge in [0, 0.05) is 12.8 Å². The van der Waals surface area contributed by atoms with Gasteiger partial charge in [0.25, 0.3) is 0 Å². The molecule has 15 heavy (non-hydrogen) atoms. The number of benzene rings is 1. The highest BCUT2D eigenvalue weighted by Gasteiger charge is 2.12. The first kappa shape index (κ1) is 10.2. The number of carbonyl (C=O) groups is 1. The molecule has 0 atom stereocenters. The summed E-state index contributed by atoms with van der Waals surface area (Å²) in [5.74, 6) is 1.19. The molecule has 3 nitrogen and oxygen atoms in total. The summed E-state index contributed by atoms with van der Waals surface area (Å²) in [6.07, 6.45) is 1.47. The Hall–Kier alpha value is -1.35. The first-order chi connectivity index (χ1) is 7.29. The Morgan fingerprint density at radius 1 is 1.53 bits per heavy atom. The highest BCUT2D eigenvalue weighted by Crippen LogP contribution is 2.25. The fourth-order valence-corrected chi connectivity index (χ4v) is 1.84. The van der Waals surface area contributed by atoms with Crippen LogP contribution in [0.5, 0.6) is 5.75 Å². The zero-order valence-corrected chi connectivity index (χ0v) is 8.88. The largest absolute Gasteiger partial charge is 0.493 e. The number of hydrogen-bond donors (Lipinski definition) is 1. The van der Waals surface area contributed by atoms with Crippen molar-refractivity contribution in [3.05, 3.63) is 29.3 Å². The van der Waals surface area contributed by atoms with E-state index in [2.05, 4.69) is 11.4 Å². The molecule has 1 aliphatic rings. The molecule has 0 saturated carbocycles. The van der Waals surface area contributed by atoms with Gasteiger partial charge < -0.3 is 10.1 Å². The van der Waals surface area contributed by atoms with Crippen molar-refractivity contribution >= 4 is 5.78 Å². The van der Waals surface area contributed by atoms with E-state index in [1.54, 1.807) is 7.05 Å². The van der Waals surface area contributed by atoms with Gasteiger partial charge in [-0.05, 0) is 24.2 Å². The molecular formula is C12H15NO2. The van der Waals surface area contributed by atoms with Crippen molar-refractivity contribution in [1.82, 2.24) is 5.32 Å². The number of nitrogens with one attached hydrogen (secondary N) is 1. The molecule has 0 saturated heterocycles. The molecule has 3 heteroatoms. The molecule has 0 unspecified atom stereocenters. The van der Waals surface area contributed by atoms with Crippen molar-refractivity contribution in [2.45, 2.75) is 12.8 Å². The van der Waals surface area contributed by atoms with Crippen LogP contribution in [-0.2, 0) is 17.6 Å².